The van der Waals surface area contributed by atoms with Gasteiger partial charge in [0.15, 0.2) is 0 Å². The van der Waals surface area contributed by atoms with Gasteiger partial charge in [0.05, 0.1) is 0 Å². The van der Waals surface area contributed by atoms with Crippen LogP contribution in [0.15, 0.2) is 72.8 Å². The lowest BCUT2D eigenvalue weighted by Gasteiger charge is -2.20. The summed E-state index contributed by atoms with van der Waals surface area (Å²) in [4.78, 5) is 0. The van der Waals surface area contributed by atoms with Gasteiger partial charge in [-0.3, -0.25) is 0 Å². The number of hydrogen-bond donors (Lipinski definition) is 0. The lowest BCUT2D eigenvalue weighted by atomic mass is 9.84. The zero-order valence-electron chi connectivity index (χ0n) is 15.6. The summed E-state index contributed by atoms with van der Waals surface area (Å²) < 4.78 is 0. The van der Waals surface area contributed by atoms with E-state index in [9.17, 15) is 0 Å². The van der Waals surface area contributed by atoms with Crippen LogP contribution in [0.25, 0.3) is 0 Å². The molecule has 0 amide bonds. The molecule has 0 saturated heterocycles. The smallest absolute Gasteiger partial charge is 0.0339 e. The van der Waals surface area contributed by atoms with Gasteiger partial charge in [0.1, 0.15) is 0 Å². The summed E-state index contributed by atoms with van der Waals surface area (Å²) >= 11 is 0. The van der Waals surface area contributed by atoms with Crippen LogP contribution >= 0.6 is 0 Å². The Morgan fingerprint density at radius 1 is 0.480 bits per heavy atom. The second-order valence-electron chi connectivity index (χ2n) is 6.72. The van der Waals surface area contributed by atoms with Gasteiger partial charge in [-0.15, -0.1) is 0 Å². The van der Waals surface area contributed by atoms with Crippen molar-refractivity contribution in [3.8, 4) is 0 Å². The molecule has 25 heavy (non-hydrogen) atoms. The zero-order chi connectivity index (χ0) is 17.6. The average molecular weight is 331 g/mol. The molecule has 0 fully saturated rings. The third-order valence-electron chi connectivity index (χ3n) is 5.16. The summed E-state index contributed by atoms with van der Waals surface area (Å²) in [5.74, 6) is 0.294. The molecular weight excluding hydrogens is 300 g/mol. The van der Waals surface area contributed by atoms with E-state index in [0.717, 1.165) is 19.3 Å². The molecule has 3 rings (SSSR count). The van der Waals surface area contributed by atoms with E-state index in [-0.39, 0.29) is 1.43 Å². The second-order valence-corrected chi connectivity index (χ2v) is 6.72. The minimum Gasteiger partial charge on any atom is -0.0613 e. The fraction of sp³-hybridized carbons (Fsp3) is 0.280. The summed E-state index contributed by atoms with van der Waals surface area (Å²) in [6.07, 6.45) is 3.25. The predicted molar refractivity (Wildman–Crippen MR) is 111 cm³/mol. The van der Waals surface area contributed by atoms with Crippen molar-refractivity contribution in [3.05, 3.63) is 106 Å². The Labute approximate surface area is 154 Å². The second kappa shape index (κ2) is 8.16. The molecule has 0 aromatic heterocycles. The summed E-state index contributed by atoms with van der Waals surface area (Å²) in [7, 11) is 0. The summed E-state index contributed by atoms with van der Waals surface area (Å²) in [5.41, 5.74) is 8.28. The van der Waals surface area contributed by atoms with Crippen molar-refractivity contribution in [1.82, 2.24) is 0 Å². The molecule has 0 N–H and O–H groups in total. The largest absolute Gasteiger partial charge is 0.0613 e. The Morgan fingerprint density at radius 2 is 0.720 bits per heavy atom. The summed E-state index contributed by atoms with van der Waals surface area (Å²) in [5, 5.41) is 0. The van der Waals surface area contributed by atoms with Gasteiger partial charge in [0.2, 0.25) is 0 Å². The highest BCUT2D eigenvalue weighted by molar-refractivity contribution is 5.45. The summed E-state index contributed by atoms with van der Waals surface area (Å²) in [6, 6.07) is 27.4. The molecule has 3 aromatic carbocycles. The first-order chi connectivity index (χ1) is 12.2. The van der Waals surface area contributed by atoms with Crippen LogP contribution < -0.4 is 0 Å². The molecule has 0 heteroatoms. The fourth-order valence-corrected chi connectivity index (χ4v) is 3.41. The van der Waals surface area contributed by atoms with Gasteiger partial charge in [0, 0.05) is 7.34 Å². The molecule has 0 saturated carbocycles. The van der Waals surface area contributed by atoms with Crippen LogP contribution in [0.3, 0.4) is 0 Å². The molecule has 3 aromatic rings. The lowest BCUT2D eigenvalue weighted by molar-refractivity contribution is 0.964. The van der Waals surface area contributed by atoms with E-state index in [2.05, 4.69) is 93.6 Å². The fourth-order valence-electron chi connectivity index (χ4n) is 3.41. The first-order valence-electron chi connectivity index (χ1n) is 9.51. The molecular formula is C25H30. The minimum absolute atomic E-state index is 0. The van der Waals surface area contributed by atoms with Crippen LogP contribution in [0, 0.1) is 0 Å². The van der Waals surface area contributed by atoms with Gasteiger partial charge in [-0.25, -0.2) is 0 Å². The first-order valence-corrected chi connectivity index (χ1v) is 9.51. The lowest BCUT2D eigenvalue weighted by Crippen LogP contribution is -2.04. The highest BCUT2D eigenvalue weighted by atomic mass is 14.2. The van der Waals surface area contributed by atoms with Gasteiger partial charge in [-0.1, -0.05) is 93.6 Å². The molecule has 0 nitrogen and oxygen atoms in total. The normalized spacial score (nSPS) is 11.0. The quantitative estimate of drug-likeness (QED) is 0.436. The zero-order valence-corrected chi connectivity index (χ0v) is 15.6. The van der Waals surface area contributed by atoms with Crippen molar-refractivity contribution in [1.29, 1.82) is 0 Å². The molecule has 0 aliphatic carbocycles. The molecule has 0 radical (unpaired) electrons. The summed E-state index contributed by atoms with van der Waals surface area (Å²) in [6.45, 7) is 6.62. The number of benzene rings is 3. The molecule has 0 spiro atoms. The van der Waals surface area contributed by atoms with Crippen molar-refractivity contribution in [2.75, 3.05) is 0 Å². The molecule has 0 heterocycles. The van der Waals surface area contributed by atoms with Gasteiger partial charge < -0.3 is 0 Å². The standard InChI is InChI=1S/C25H28.H2/c1-4-19-7-13-22(14-8-19)25(23-15-9-20(5-2)10-16-23)24-17-11-21(6-3)12-18-24;/h7-18,25H,4-6H2,1-3H3;1H. The maximum atomic E-state index is 2.30. The Balaban J connectivity index is 0.00000243. The van der Waals surface area contributed by atoms with E-state index in [1.54, 1.807) is 0 Å². The minimum atomic E-state index is 0. The Bertz CT molecular complexity index is 670. The number of aryl methyl sites for hydroxylation is 3. The van der Waals surface area contributed by atoms with Crippen molar-refractivity contribution in [2.45, 2.75) is 46.0 Å². The van der Waals surface area contributed by atoms with Crippen molar-refractivity contribution in [3.63, 3.8) is 0 Å². The predicted octanol–water partition coefficient (Wildman–Crippen LogP) is 6.80. The van der Waals surface area contributed by atoms with Gasteiger partial charge in [-0.05, 0) is 52.6 Å². The van der Waals surface area contributed by atoms with Gasteiger partial charge in [-0.2, -0.15) is 0 Å². The van der Waals surface area contributed by atoms with E-state index in [0.29, 0.717) is 5.92 Å². The number of rotatable bonds is 6. The third kappa shape index (κ3) is 4.02. The Hall–Kier alpha value is -2.34. The van der Waals surface area contributed by atoms with E-state index in [1.165, 1.54) is 33.4 Å². The SMILES string of the molecule is CCc1ccc(C(c2ccc(CC)cc2)c2ccc(CC)cc2)cc1.[HH]. The van der Waals surface area contributed by atoms with Crippen LogP contribution in [-0.4, -0.2) is 0 Å². The molecule has 0 atom stereocenters. The Kier molecular flexibility index (Phi) is 5.71. The first kappa shape index (κ1) is 17.5. The van der Waals surface area contributed by atoms with Crippen molar-refractivity contribution < 1.29 is 1.43 Å². The van der Waals surface area contributed by atoms with Crippen LogP contribution in [0.1, 0.15) is 61.5 Å². The van der Waals surface area contributed by atoms with Crippen LogP contribution in [0.5, 0.6) is 0 Å². The van der Waals surface area contributed by atoms with E-state index in [1.807, 2.05) is 0 Å². The third-order valence-corrected chi connectivity index (χ3v) is 5.16. The van der Waals surface area contributed by atoms with E-state index in [4.69, 9.17) is 0 Å². The number of hydrogen-bond acceptors (Lipinski definition) is 0. The van der Waals surface area contributed by atoms with E-state index >= 15 is 0 Å². The average Bonchev–Trinajstić information content (AvgIpc) is 2.70. The van der Waals surface area contributed by atoms with Crippen molar-refractivity contribution >= 4 is 0 Å². The maximum absolute atomic E-state index is 2.30. The topological polar surface area (TPSA) is 0 Å². The van der Waals surface area contributed by atoms with Crippen LogP contribution in [-0.2, 0) is 19.3 Å². The molecule has 130 valence electrons. The monoisotopic (exact) mass is 330 g/mol. The van der Waals surface area contributed by atoms with Gasteiger partial charge in [0.25, 0.3) is 0 Å². The van der Waals surface area contributed by atoms with E-state index < -0.39 is 0 Å². The van der Waals surface area contributed by atoms with Gasteiger partial charge >= 0.3 is 0 Å². The Morgan fingerprint density at radius 3 is 0.920 bits per heavy atom. The molecule has 0 unspecified atom stereocenters. The molecule has 0 aliphatic heterocycles. The molecule has 0 bridgehead atoms. The highest BCUT2D eigenvalue weighted by Gasteiger charge is 2.16. The van der Waals surface area contributed by atoms with Crippen molar-refractivity contribution in [2.24, 2.45) is 0 Å². The van der Waals surface area contributed by atoms with Crippen LogP contribution in [0.4, 0.5) is 0 Å². The maximum Gasteiger partial charge on any atom is 0.0339 e. The van der Waals surface area contributed by atoms with Crippen LogP contribution in [0.2, 0.25) is 0 Å². The molecule has 0 aliphatic rings. The highest BCUT2D eigenvalue weighted by Crippen LogP contribution is 2.32.